The van der Waals surface area contributed by atoms with Crippen LogP contribution in [0, 0.1) is 5.82 Å². The van der Waals surface area contributed by atoms with Crippen molar-refractivity contribution < 1.29 is 13.9 Å². The lowest BCUT2D eigenvalue weighted by molar-refractivity contribution is 0.0527. The molecule has 0 fully saturated rings. The molecule has 0 amide bonds. The first-order valence-electron chi connectivity index (χ1n) is 3.33. The standard InChI is InChI=1S/C8H4BrFO2/c9-7-4-2-1-3-5(10)6(4)8(11)12-7/h1-3,7H/t7-/m1/s1. The van der Waals surface area contributed by atoms with Crippen LogP contribution in [0.5, 0.6) is 0 Å². The molecule has 0 unspecified atom stereocenters. The van der Waals surface area contributed by atoms with Crippen LogP contribution in [0.4, 0.5) is 4.39 Å². The minimum absolute atomic E-state index is 0.0411. The first kappa shape index (κ1) is 7.73. The topological polar surface area (TPSA) is 26.3 Å². The molecule has 0 bridgehead atoms. The zero-order valence-electron chi connectivity index (χ0n) is 5.88. The highest BCUT2D eigenvalue weighted by atomic mass is 79.9. The van der Waals surface area contributed by atoms with Gasteiger partial charge in [0.05, 0.1) is 0 Å². The van der Waals surface area contributed by atoms with Gasteiger partial charge in [-0.05, 0) is 22.0 Å². The number of carbonyl (C=O) groups is 1. The lowest BCUT2D eigenvalue weighted by Crippen LogP contribution is -1.97. The molecule has 0 aromatic heterocycles. The molecule has 0 saturated heterocycles. The van der Waals surface area contributed by atoms with E-state index in [4.69, 9.17) is 4.74 Å². The van der Waals surface area contributed by atoms with Gasteiger partial charge in [-0.2, -0.15) is 0 Å². The molecule has 1 aliphatic heterocycles. The summed E-state index contributed by atoms with van der Waals surface area (Å²) < 4.78 is 17.7. The molecule has 1 aromatic rings. The van der Waals surface area contributed by atoms with Gasteiger partial charge >= 0.3 is 5.97 Å². The number of esters is 1. The molecule has 1 aliphatic rings. The van der Waals surface area contributed by atoms with Crippen LogP contribution in [0.1, 0.15) is 20.9 Å². The molecule has 0 saturated carbocycles. The van der Waals surface area contributed by atoms with E-state index < -0.39 is 16.8 Å². The Labute approximate surface area is 76.5 Å². The van der Waals surface area contributed by atoms with Gasteiger partial charge in [-0.15, -0.1) is 0 Å². The van der Waals surface area contributed by atoms with Gasteiger partial charge in [-0.1, -0.05) is 12.1 Å². The third-order valence-electron chi connectivity index (χ3n) is 1.70. The summed E-state index contributed by atoms with van der Waals surface area (Å²) in [6.45, 7) is 0. The van der Waals surface area contributed by atoms with Gasteiger partial charge in [0.2, 0.25) is 0 Å². The van der Waals surface area contributed by atoms with Gasteiger partial charge in [0.15, 0.2) is 5.01 Å². The summed E-state index contributed by atoms with van der Waals surface area (Å²) in [5.41, 5.74) is 0.597. The highest BCUT2D eigenvalue weighted by Crippen LogP contribution is 2.35. The summed E-state index contributed by atoms with van der Waals surface area (Å²) >= 11 is 3.10. The number of hydrogen-bond acceptors (Lipinski definition) is 2. The van der Waals surface area contributed by atoms with Crippen LogP contribution in [0.15, 0.2) is 18.2 Å². The van der Waals surface area contributed by atoms with Crippen molar-refractivity contribution in [3.8, 4) is 0 Å². The third-order valence-corrected chi connectivity index (χ3v) is 2.39. The molecule has 1 aromatic carbocycles. The third kappa shape index (κ3) is 0.948. The van der Waals surface area contributed by atoms with Crippen LogP contribution in [0.3, 0.4) is 0 Å². The second kappa shape index (κ2) is 2.55. The Morgan fingerprint density at radius 2 is 2.25 bits per heavy atom. The molecule has 2 rings (SSSR count). The fraction of sp³-hybridized carbons (Fsp3) is 0.125. The van der Waals surface area contributed by atoms with Gasteiger partial charge in [0.25, 0.3) is 0 Å². The SMILES string of the molecule is O=C1O[C@@H](Br)c2cccc(F)c21. The van der Waals surface area contributed by atoms with Crippen molar-refractivity contribution in [3.05, 3.63) is 35.1 Å². The highest BCUT2D eigenvalue weighted by Gasteiger charge is 2.31. The van der Waals surface area contributed by atoms with E-state index >= 15 is 0 Å². The molecule has 1 heterocycles. The molecule has 62 valence electrons. The number of benzene rings is 1. The van der Waals surface area contributed by atoms with E-state index in [2.05, 4.69) is 15.9 Å². The van der Waals surface area contributed by atoms with Crippen molar-refractivity contribution in [3.63, 3.8) is 0 Å². The Kier molecular flexibility index (Phi) is 1.65. The second-order valence-corrected chi connectivity index (χ2v) is 3.26. The van der Waals surface area contributed by atoms with Crippen molar-refractivity contribution in [2.24, 2.45) is 0 Å². The van der Waals surface area contributed by atoms with Gasteiger partial charge in [-0.3, -0.25) is 0 Å². The van der Waals surface area contributed by atoms with Crippen molar-refractivity contribution in [1.29, 1.82) is 0 Å². The summed E-state index contributed by atoms with van der Waals surface area (Å²) in [7, 11) is 0. The monoisotopic (exact) mass is 230 g/mol. The molecular formula is C8H4BrFO2. The van der Waals surface area contributed by atoms with Crippen LogP contribution < -0.4 is 0 Å². The van der Waals surface area contributed by atoms with Crippen molar-refractivity contribution in [2.75, 3.05) is 0 Å². The van der Waals surface area contributed by atoms with Crippen molar-refractivity contribution >= 4 is 21.9 Å². The molecule has 1 atom stereocenters. The summed E-state index contributed by atoms with van der Waals surface area (Å²) in [5, 5.41) is -0.504. The van der Waals surface area contributed by atoms with E-state index in [0.717, 1.165) is 0 Å². The summed E-state index contributed by atoms with van der Waals surface area (Å²) in [6, 6.07) is 4.44. The smallest absolute Gasteiger partial charge is 0.343 e. The number of ether oxygens (including phenoxy) is 1. The molecule has 0 aliphatic carbocycles. The molecule has 0 spiro atoms. The molecule has 0 radical (unpaired) electrons. The molecular weight excluding hydrogens is 227 g/mol. The van der Waals surface area contributed by atoms with Crippen molar-refractivity contribution in [1.82, 2.24) is 0 Å². The van der Waals surface area contributed by atoms with Crippen LogP contribution in [0.25, 0.3) is 0 Å². The van der Waals surface area contributed by atoms with E-state index in [1.54, 1.807) is 12.1 Å². The maximum absolute atomic E-state index is 13.0. The average Bonchev–Trinajstić information content (AvgIpc) is 2.29. The summed E-state index contributed by atoms with van der Waals surface area (Å²) in [6.07, 6.45) is 0. The lowest BCUT2D eigenvalue weighted by atomic mass is 10.1. The summed E-state index contributed by atoms with van der Waals surface area (Å²) in [4.78, 5) is 11.0. The number of rotatable bonds is 0. The van der Waals surface area contributed by atoms with Gasteiger partial charge in [0, 0.05) is 5.56 Å². The van der Waals surface area contributed by atoms with E-state index in [0.29, 0.717) is 5.56 Å². The number of alkyl halides is 1. The van der Waals surface area contributed by atoms with Gasteiger partial charge in [-0.25, -0.2) is 9.18 Å². The first-order chi connectivity index (χ1) is 5.70. The fourth-order valence-electron chi connectivity index (χ4n) is 1.16. The Morgan fingerprint density at radius 3 is 2.92 bits per heavy atom. The van der Waals surface area contributed by atoms with Crippen LogP contribution in [0.2, 0.25) is 0 Å². The maximum Gasteiger partial charge on any atom is 0.343 e. The highest BCUT2D eigenvalue weighted by molar-refractivity contribution is 9.09. The van der Waals surface area contributed by atoms with Gasteiger partial charge < -0.3 is 4.74 Å². The Hall–Kier alpha value is -0.900. The Balaban J connectivity index is 2.67. The molecule has 2 nitrogen and oxygen atoms in total. The molecule has 4 heteroatoms. The lowest BCUT2D eigenvalue weighted by Gasteiger charge is -1.98. The van der Waals surface area contributed by atoms with Gasteiger partial charge in [0.1, 0.15) is 11.4 Å². The molecule has 0 N–H and O–H groups in total. The predicted molar refractivity (Wildman–Crippen MR) is 43.5 cm³/mol. The minimum atomic E-state index is -0.607. The zero-order chi connectivity index (χ0) is 8.72. The fourth-order valence-corrected chi connectivity index (χ4v) is 1.71. The van der Waals surface area contributed by atoms with E-state index in [-0.39, 0.29) is 5.56 Å². The minimum Gasteiger partial charge on any atom is -0.442 e. The van der Waals surface area contributed by atoms with Crippen molar-refractivity contribution in [2.45, 2.75) is 5.01 Å². The quantitative estimate of drug-likeness (QED) is 0.506. The second-order valence-electron chi connectivity index (χ2n) is 2.43. The Morgan fingerprint density at radius 1 is 1.50 bits per heavy atom. The van der Waals surface area contributed by atoms with E-state index in [9.17, 15) is 9.18 Å². The average molecular weight is 231 g/mol. The molecule has 12 heavy (non-hydrogen) atoms. The number of cyclic esters (lactones) is 1. The largest absolute Gasteiger partial charge is 0.442 e. The number of fused-ring (bicyclic) bond motifs is 1. The zero-order valence-corrected chi connectivity index (χ0v) is 7.47. The normalized spacial score (nSPS) is 20.5. The predicted octanol–water partition coefficient (Wildman–Crippen LogP) is 2.39. The maximum atomic E-state index is 13.0. The number of hydrogen-bond donors (Lipinski definition) is 0. The Bertz CT molecular complexity index is 351. The van der Waals surface area contributed by atoms with Crippen LogP contribution in [-0.4, -0.2) is 5.97 Å². The van der Waals surface area contributed by atoms with E-state index in [1.807, 2.05) is 0 Å². The van der Waals surface area contributed by atoms with Crippen LogP contribution >= 0.6 is 15.9 Å². The summed E-state index contributed by atoms with van der Waals surface area (Å²) in [5.74, 6) is -1.13. The van der Waals surface area contributed by atoms with E-state index in [1.165, 1.54) is 6.07 Å². The van der Waals surface area contributed by atoms with Crippen LogP contribution in [-0.2, 0) is 4.74 Å². The first-order valence-corrected chi connectivity index (χ1v) is 4.25. The number of carbonyl (C=O) groups excluding carboxylic acids is 1. The number of halogens is 2.